The lowest BCUT2D eigenvalue weighted by molar-refractivity contribution is 0.0652. The lowest BCUT2D eigenvalue weighted by atomic mass is 9.69. The molecule has 0 saturated heterocycles. The Morgan fingerprint density at radius 2 is 1.94 bits per heavy atom. The van der Waals surface area contributed by atoms with Crippen molar-refractivity contribution in [3.05, 3.63) is 24.3 Å². The summed E-state index contributed by atoms with van der Waals surface area (Å²) >= 11 is 0. The lowest BCUT2D eigenvalue weighted by Crippen LogP contribution is -2.42. The van der Waals surface area contributed by atoms with E-state index < -0.39 is 0 Å². The summed E-state index contributed by atoms with van der Waals surface area (Å²) < 4.78 is 11.1. The molecule has 0 spiro atoms. The minimum atomic E-state index is 0.209. The minimum Gasteiger partial charge on any atom is -0.493 e. The molecule has 2 N–H and O–H groups in total. The van der Waals surface area contributed by atoms with Crippen LogP contribution in [0.25, 0.3) is 0 Å². The Kier molecular flexibility index (Phi) is 3.34. The van der Waals surface area contributed by atoms with Gasteiger partial charge in [0.1, 0.15) is 0 Å². The van der Waals surface area contributed by atoms with Crippen molar-refractivity contribution < 1.29 is 9.47 Å². The van der Waals surface area contributed by atoms with Crippen molar-refractivity contribution in [2.75, 3.05) is 20.3 Å². The molecule has 1 saturated carbocycles. The van der Waals surface area contributed by atoms with Gasteiger partial charge in [-0.05, 0) is 25.0 Å². The normalized spacial score (nSPS) is 17.6. The van der Waals surface area contributed by atoms with Crippen molar-refractivity contribution in [2.24, 2.45) is 11.1 Å². The second kappa shape index (κ2) is 4.74. The van der Waals surface area contributed by atoms with Gasteiger partial charge in [-0.25, -0.2) is 0 Å². The molecule has 0 unspecified atom stereocenters. The van der Waals surface area contributed by atoms with Gasteiger partial charge in [-0.2, -0.15) is 0 Å². The molecule has 0 bridgehead atoms. The van der Waals surface area contributed by atoms with Crippen LogP contribution in [0.2, 0.25) is 0 Å². The van der Waals surface area contributed by atoms with Crippen LogP contribution in [-0.2, 0) is 0 Å². The van der Waals surface area contributed by atoms with Gasteiger partial charge < -0.3 is 15.2 Å². The molecule has 1 aromatic rings. The van der Waals surface area contributed by atoms with Crippen LogP contribution in [0.4, 0.5) is 0 Å². The zero-order valence-electron chi connectivity index (χ0n) is 9.74. The van der Waals surface area contributed by atoms with Gasteiger partial charge in [-0.3, -0.25) is 0 Å². The molecule has 16 heavy (non-hydrogen) atoms. The third kappa shape index (κ3) is 2.14. The van der Waals surface area contributed by atoms with Gasteiger partial charge in [0.2, 0.25) is 0 Å². The Morgan fingerprint density at radius 1 is 1.25 bits per heavy atom. The Labute approximate surface area is 96.5 Å². The second-order valence-corrected chi connectivity index (χ2v) is 4.50. The van der Waals surface area contributed by atoms with Crippen molar-refractivity contribution >= 4 is 0 Å². The Balaban J connectivity index is 1.98. The number of ether oxygens (including phenoxy) is 2. The van der Waals surface area contributed by atoms with E-state index in [0.717, 1.165) is 11.5 Å². The van der Waals surface area contributed by atoms with Crippen molar-refractivity contribution in [2.45, 2.75) is 19.3 Å². The van der Waals surface area contributed by atoms with Gasteiger partial charge in [0.15, 0.2) is 11.5 Å². The van der Waals surface area contributed by atoms with Crippen LogP contribution in [0.3, 0.4) is 0 Å². The highest BCUT2D eigenvalue weighted by molar-refractivity contribution is 5.39. The minimum absolute atomic E-state index is 0.209. The molecule has 0 aromatic heterocycles. The zero-order valence-corrected chi connectivity index (χ0v) is 9.74. The fraction of sp³-hybridized carbons (Fsp3) is 0.538. The summed E-state index contributed by atoms with van der Waals surface area (Å²) in [4.78, 5) is 0. The highest BCUT2D eigenvalue weighted by atomic mass is 16.5. The van der Waals surface area contributed by atoms with E-state index in [0.29, 0.717) is 13.2 Å². The van der Waals surface area contributed by atoms with Crippen LogP contribution in [0, 0.1) is 5.41 Å². The molecule has 3 nitrogen and oxygen atoms in total. The standard InChI is InChI=1S/C13H19NO2/c1-15-11-5-2-3-6-12(11)16-10-13(9-14)7-4-8-13/h2-3,5-6H,4,7-10,14H2,1H3. The number of hydrogen-bond acceptors (Lipinski definition) is 3. The monoisotopic (exact) mass is 221 g/mol. The number of rotatable bonds is 5. The quantitative estimate of drug-likeness (QED) is 0.829. The molecule has 88 valence electrons. The number of benzene rings is 1. The van der Waals surface area contributed by atoms with Gasteiger partial charge in [0, 0.05) is 12.0 Å². The number of nitrogens with two attached hydrogens (primary N) is 1. The van der Waals surface area contributed by atoms with E-state index in [4.69, 9.17) is 15.2 Å². The summed E-state index contributed by atoms with van der Waals surface area (Å²) in [5.74, 6) is 1.60. The van der Waals surface area contributed by atoms with Crippen LogP contribution >= 0.6 is 0 Å². The van der Waals surface area contributed by atoms with Crippen LogP contribution in [0.1, 0.15) is 19.3 Å². The van der Waals surface area contributed by atoms with Crippen molar-refractivity contribution in [1.82, 2.24) is 0 Å². The summed E-state index contributed by atoms with van der Waals surface area (Å²) in [5.41, 5.74) is 6.00. The summed E-state index contributed by atoms with van der Waals surface area (Å²) in [6.07, 6.45) is 3.63. The smallest absolute Gasteiger partial charge is 0.161 e. The van der Waals surface area contributed by atoms with E-state index in [1.807, 2.05) is 24.3 Å². The molecule has 1 aliphatic rings. The predicted molar refractivity (Wildman–Crippen MR) is 63.8 cm³/mol. The van der Waals surface area contributed by atoms with Crippen molar-refractivity contribution in [1.29, 1.82) is 0 Å². The summed E-state index contributed by atoms with van der Waals surface area (Å²) in [5, 5.41) is 0. The first-order chi connectivity index (χ1) is 7.79. The second-order valence-electron chi connectivity index (χ2n) is 4.50. The van der Waals surface area contributed by atoms with E-state index >= 15 is 0 Å². The maximum Gasteiger partial charge on any atom is 0.161 e. The fourth-order valence-electron chi connectivity index (χ4n) is 2.05. The molecule has 3 heteroatoms. The molecular formula is C13H19NO2. The zero-order chi connectivity index (χ0) is 11.4. The third-order valence-electron chi connectivity index (χ3n) is 3.45. The molecule has 2 rings (SSSR count). The van der Waals surface area contributed by atoms with Gasteiger partial charge in [-0.15, -0.1) is 0 Å². The van der Waals surface area contributed by atoms with Crippen LogP contribution in [-0.4, -0.2) is 20.3 Å². The van der Waals surface area contributed by atoms with Crippen LogP contribution < -0.4 is 15.2 Å². The first-order valence-electron chi connectivity index (χ1n) is 5.75. The third-order valence-corrected chi connectivity index (χ3v) is 3.45. The summed E-state index contributed by atoms with van der Waals surface area (Å²) in [7, 11) is 1.66. The molecule has 1 aromatic carbocycles. The predicted octanol–water partition coefficient (Wildman–Crippen LogP) is 2.20. The highest BCUT2D eigenvalue weighted by Crippen LogP contribution is 2.40. The summed E-state index contributed by atoms with van der Waals surface area (Å²) in [6.45, 7) is 1.41. The maximum absolute atomic E-state index is 5.82. The van der Waals surface area contributed by atoms with Crippen molar-refractivity contribution in [3.63, 3.8) is 0 Å². The molecule has 0 atom stereocenters. The van der Waals surface area contributed by atoms with E-state index in [1.54, 1.807) is 7.11 Å². The Morgan fingerprint density at radius 3 is 2.44 bits per heavy atom. The summed E-state index contributed by atoms with van der Waals surface area (Å²) in [6, 6.07) is 7.73. The van der Waals surface area contributed by atoms with Gasteiger partial charge in [0.25, 0.3) is 0 Å². The first kappa shape index (κ1) is 11.3. The van der Waals surface area contributed by atoms with Crippen molar-refractivity contribution in [3.8, 4) is 11.5 Å². The van der Waals surface area contributed by atoms with Gasteiger partial charge in [-0.1, -0.05) is 18.6 Å². The molecule has 1 fully saturated rings. The van der Waals surface area contributed by atoms with Gasteiger partial charge >= 0.3 is 0 Å². The van der Waals surface area contributed by atoms with E-state index in [2.05, 4.69) is 0 Å². The molecule has 0 aliphatic heterocycles. The topological polar surface area (TPSA) is 44.5 Å². The highest BCUT2D eigenvalue weighted by Gasteiger charge is 2.36. The molecule has 0 heterocycles. The molecule has 1 aliphatic carbocycles. The maximum atomic E-state index is 5.82. The average molecular weight is 221 g/mol. The number of methoxy groups -OCH3 is 1. The first-order valence-corrected chi connectivity index (χ1v) is 5.75. The van der Waals surface area contributed by atoms with Crippen LogP contribution in [0.15, 0.2) is 24.3 Å². The largest absolute Gasteiger partial charge is 0.493 e. The molecule has 0 amide bonds. The fourth-order valence-corrected chi connectivity index (χ4v) is 2.05. The number of hydrogen-bond donors (Lipinski definition) is 1. The molecule has 0 radical (unpaired) electrons. The van der Waals surface area contributed by atoms with E-state index in [1.165, 1.54) is 19.3 Å². The van der Waals surface area contributed by atoms with Crippen LogP contribution in [0.5, 0.6) is 11.5 Å². The number of para-hydroxylation sites is 2. The SMILES string of the molecule is COc1ccccc1OCC1(CN)CCC1. The molecular weight excluding hydrogens is 202 g/mol. The van der Waals surface area contributed by atoms with Gasteiger partial charge in [0.05, 0.1) is 13.7 Å². The van der Waals surface area contributed by atoms with E-state index in [-0.39, 0.29) is 5.41 Å². The average Bonchev–Trinajstić information content (AvgIpc) is 2.29. The van der Waals surface area contributed by atoms with E-state index in [9.17, 15) is 0 Å². The Hall–Kier alpha value is -1.22. The lowest BCUT2D eigenvalue weighted by Gasteiger charge is -2.40. The Bertz CT molecular complexity index is 342.